The van der Waals surface area contributed by atoms with Crippen molar-refractivity contribution >= 4 is 5.91 Å². The molecular formula is C15H18N2O3. The first-order valence-electron chi connectivity index (χ1n) is 6.31. The summed E-state index contributed by atoms with van der Waals surface area (Å²) in [7, 11) is 0. The largest absolute Gasteiger partial charge is 0.489 e. The number of hydrogen-bond donors (Lipinski definition) is 2. The highest BCUT2D eigenvalue weighted by Crippen LogP contribution is 2.20. The highest BCUT2D eigenvalue weighted by atomic mass is 16.5. The van der Waals surface area contributed by atoms with Gasteiger partial charge in [-0.05, 0) is 50.1 Å². The van der Waals surface area contributed by atoms with Crippen molar-refractivity contribution in [2.24, 2.45) is 5.84 Å². The minimum Gasteiger partial charge on any atom is -0.489 e. The van der Waals surface area contributed by atoms with E-state index in [1.807, 2.05) is 31.4 Å². The third kappa shape index (κ3) is 3.19. The first-order chi connectivity index (χ1) is 9.49. The van der Waals surface area contributed by atoms with Gasteiger partial charge in [-0.3, -0.25) is 10.2 Å². The monoisotopic (exact) mass is 274 g/mol. The SMILES string of the molecule is Cc1cc(C)cc(OCc2cc(C(=O)NN)oc2C)c1. The number of ether oxygens (including phenoxy) is 1. The predicted molar refractivity (Wildman–Crippen MR) is 75.3 cm³/mol. The predicted octanol–water partition coefficient (Wildman–Crippen LogP) is 2.39. The molecule has 0 aliphatic rings. The topological polar surface area (TPSA) is 77.5 Å². The van der Waals surface area contributed by atoms with Gasteiger partial charge in [0.2, 0.25) is 0 Å². The van der Waals surface area contributed by atoms with Crippen LogP contribution in [0.3, 0.4) is 0 Å². The van der Waals surface area contributed by atoms with E-state index in [2.05, 4.69) is 6.07 Å². The van der Waals surface area contributed by atoms with Gasteiger partial charge in [-0.1, -0.05) is 6.07 Å². The fraction of sp³-hybridized carbons (Fsp3) is 0.267. The molecule has 5 heteroatoms. The van der Waals surface area contributed by atoms with Crippen LogP contribution in [0.15, 0.2) is 28.7 Å². The molecule has 0 spiro atoms. The second-order valence-electron chi connectivity index (χ2n) is 4.78. The Labute approximate surface area is 117 Å². The summed E-state index contributed by atoms with van der Waals surface area (Å²) in [5, 5.41) is 0. The summed E-state index contributed by atoms with van der Waals surface area (Å²) in [5.41, 5.74) is 5.15. The van der Waals surface area contributed by atoms with Crippen LogP contribution in [0.5, 0.6) is 5.75 Å². The molecule has 0 bridgehead atoms. The zero-order valence-corrected chi connectivity index (χ0v) is 11.8. The summed E-state index contributed by atoms with van der Waals surface area (Å²) in [6, 6.07) is 7.66. The third-order valence-corrected chi connectivity index (χ3v) is 2.97. The first-order valence-corrected chi connectivity index (χ1v) is 6.31. The lowest BCUT2D eigenvalue weighted by Gasteiger charge is -2.07. The van der Waals surface area contributed by atoms with Gasteiger partial charge in [0.15, 0.2) is 5.76 Å². The normalized spacial score (nSPS) is 10.4. The van der Waals surface area contributed by atoms with Crippen LogP contribution in [0.25, 0.3) is 0 Å². The molecule has 1 heterocycles. The van der Waals surface area contributed by atoms with Crippen LogP contribution in [0.4, 0.5) is 0 Å². The Kier molecular flexibility index (Phi) is 4.10. The molecule has 20 heavy (non-hydrogen) atoms. The lowest BCUT2D eigenvalue weighted by molar-refractivity contribution is 0.0924. The van der Waals surface area contributed by atoms with Gasteiger partial charge in [0.05, 0.1) is 0 Å². The number of hydrazine groups is 1. The van der Waals surface area contributed by atoms with E-state index in [1.165, 1.54) is 0 Å². The summed E-state index contributed by atoms with van der Waals surface area (Å²) >= 11 is 0. The van der Waals surface area contributed by atoms with Crippen molar-refractivity contribution in [3.8, 4) is 5.75 Å². The third-order valence-electron chi connectivity index (χ3n) is 2.97. The number of rotatable bonds is 4. The molecule has 3 N–H and O–H groups in total. The minimum absolute atomic E-state index is 0.184. The highest BCUT2D eigenvalue weighted by Gasteiger charge is 2.13. The molecule has 0 aliphatic carbocycles. The van der Waals surface area contributed by atoms with Crippen LogP contribution in [0, 0.1) is 20.8 Å². The van der Waals surface area contributed by atoms with Gasteiger partial charge in [-0.15, -0.1) is 0 Å². The van der Waals surface area contributed by atoms with E-state index >= 15 is 0 Å². The molecule has 0 radical (unpaired) electrons. The van der Waals surface area contributed by atoms with Gasteiger partial charge in [-0.25, -0.2) is 5.84 Å². The van der Waals surface area contributed by atoms with Crippen LogP contribution in [-0.4, -0.2) is 5.91 Å². The van der Waals surface area contributed by atoms with Crippen molar-refractivity contribution < 1.29 is 13.9 Å². The zero-order chi connectivity index (χ0) is 14.7. The Hall–Kier alpha value is -2.27. The van der Waals surface area contributed by atoms with Gasteiger partial charge in [-0.2, -0.15) is 0 Å². The zero-order valence-electron chi connectivity index (χ0n) is 11.8. The number of nitrogens with one attached hydrogen (secondary N) is 1. The van der Waals surface area contributed by atoms with E-state index in [9.17, 15) is 4.79 Å². The molecule has 2 aromatic rings. The Morgan fingerprint density at radius 2 is 1.85 bits per heavy atom. The molecule has 1 aromatic carbocycles. The molecule has 5 nitrogen and oxygen atoms in total. The Balaban J connectivity index is 2.10. The first kappa shape index (κ1) is 14.1. The molecule has 0 saturated carbocycles. The standard InChI is InChI=1S/C15H18N2O3/c1-9-4-10(2)6-13(5-9)19-8-12-7-14(15(18)17-16)20-11(12)3/h4-7H,8,16H2,1-3H3,(H,17,18). The molecular weight excluding hydrogens is 256 g/mol. The second-order valence-corrected chi connectivity index (χ2v) is 4.78. The van der Waals surface area contributed by atoms with Crippen molar-refractivity contribution in [2.45, 2.75) is 27.4 Å². The number of benzene rings is 1. The fourth-order valence-corrected chi connectivity index (χ4v) is 2.02. The van der Waals surface area contributed by atoms with E-state index in [-0.39, 0.29) is 5.76 Å². The van der Waals surface area contributed by atoms with Gasteiger partial charge >= 0.3 is 5.91 Å². The summed E-state index contributed by atoms with van der Waals surface area (Å²) in [6.07, 6.45) is 0. The number of nitrogens with two attached hydrogens (primary N) is 1. The number of carbonyl (C=O) groups is 1. The Bertz CT molecular complexity index is 612. The number of nitrogen functional groups attached to an aromatic ring is 1. The van der Waals surface area contributed by atoms with Crippen LogP contribution in [-0.2, 0) is 6.61 Å². The molecule has 0 atom stereocenters. The molecule has 0 fully saturated rings. The summed E-state index contributed by atoms with van der Waals surface area (Å²) < 4.78 is 11.1. The van der Waals surface area contributed by atoms with E-state index in [4.69, 9.17) is 15.0 Å². The van der Waals surface area contributed by atoms with Crippen LogP contribution < -0.4 is 16.0 Å². The van der Waals surface area contributed by atoms with Crippen molar-refractivity contribution in [1.82, 2.24) is 5.43 Å². The van der Waals surface area contributed by atoms with E-state index in [0.29, 0.717) is 12.4 Å². The summed E-state index contributed by atoms with van der Waals surface area (Å²) in [6.45, 7) is 6.17. The fourth-order valence-electron chi connectivity index (χ4n) is 2.02. The quantitative estimate of drug-likeness (QED) is 0.510. The maximum atomic E-state index is 11.4. The molecule has 0 aliphatic heterocycles. The molecule has 0 saturated heterocycles. The van der Waals surface area contributed by atoms with E-state index in [0.717, 1.165) is 22.4 Å². The Morgan fingerprint density at radius 1 is 1.20 bits per heavy atom. The van der Waals surface area contributed by atoms with Crippen LogP contribution in [0.1, 0.15) is 33.0 Å². The molecule has 1 amide bonds. The van der Waals surface area contributed by atoms with Crippen LogP contribution in [0.2, 0.25) is 0 Å². The average Bonchev–Trinajstić information content (AvgIpc) is 2.76. The number of hydrogen-bond acceptors (Lipinski definition) is 4. The van der Waals surface area contributed by atoms with Crippen molar-refractivity contribution in [3.05, 3.63) is 52.5 Å². The molecule has 1 aromatic heterocycles. The van der Waals surface area contributed by atoms with E-state index in [1.54, 1.807) is 13.0 Å². The van der Waals surface area contributed by atoms with Crippen molar-refractivity contribution in [3.63, 3.8) is 0 Å². The van der Waals surface area contributed by atoms with E-state index < -0.39 is 5.91 Å². The summed E-state index contributed by atoms with van der Waals surface area (Å²) in [4.78, 5) is 11.4. The average molecular weight is 274 g/mol. The van der Waals surface area contributed by atoms with Gasteiger partial charge in [0.25, 0.3) is 0 Å². The lowest BCUT2D eigenvalue weighted by Crippen LogP contribution is -2.29. The summed E-state index contributed by atoms with van der Waals surface area (Å²) in [5.74, 6) is 6.25. The van der Waals surface area contributed by atoms with Crippen molar-refractivity contribution in [1.29, 1.82) is 0 Å². The number of amides is 1. The Morgan fingerprint density at radius 3 is 2.45 bits per heavy atom. The lowest BCUT2D eigenvalue weighted by atomic mass is 10.1. The van der Waals surface area contributed by atoms with Crippen LogP contribution >= 0.6 is 0 Å². The number of aryl methyl sites for hydroxylation is 3. The van der Waals surface area contributed by atoms with Gasteiger partial charge in [0.1, 0.15) is 18.1 Å². The maximum Gasteiger partial charge on any atom is 0.300 e. The smallest absolute Gasteiger partial charge is 0.300 e. The number of carbonyl (C=O) groups excluding carboxylic acids is 1. The second kappa shape index (κ2) is 5.79. The van der Waals surface area contributed by atoms with Crippen molar-refractivity contribution in [2.75, 3.05) is 0 Å². The minimum atomic E-state index is -0.453. The van der Waals surface area contributed by atoms with Gasteiger partial charge < -0.3 is 9.15 Å². The molecule has 2 rings (SSSR count). The maximum absolute atomic E-state index is 11.4. The van der Waals surface area contributed by atoms with Gasteiger partial charge in [0, 0.05) is 5.56 Å². The highest BCUT2D eigenvalue weighted by molar-refractivity contribution is 5.91. The number of furan rings is 1. The molecule has 0 unspecified atom stereocenters. The molecule has 106 valence electrons.